The van der Waals surface area contributed by atoms with Gasteiger partial charge in [0.05, 0.1) is 20.8 Å². The molecule has 0 aliphatic rings. The first-order chi connectivity index (χ1) is 17.4. The van der Waals surface area contributed by atoms with Crippen LogP contribution in [0.25, 0.3) is 22.0 Å². The van der Waals surface area contributed by atoms with Crippen molar-refractivity contribution < 1.29 is 27.8 Å². The monoisotopic (exact) mass is 494 g/mol. The highest BCUT2D eigenvalue weighted by Gasteiger charge is 2.20. The number of halogens is 2. The summed E-state index contributed by atoms with van der Waals surface area (Å²) in [7, 11) is 3.11. The Bertz CT molecular complexity index is 1400. The maximum atomic E-state index is 14.3. The van der Waals surface area contributed by atoms with E-state index in [-0.39, 0.29) is 12.1 Å². The molecule has 0 saturated heterocycles. The zero-order valence-corrected chi connectivity index (χ0v) is 20.7. The lowest BCUT2D eigenvalue weighted by Crippen LogP contribution is -2.33. The van der Waals surface area contributed by atoms with Gasteiger partial charge in [-0.25, -0.2) is 13.6 Å². The average Bonchev–Trinajstić information content (AvgIpc) is 3.29. The first-order valence-electron chi connectivity index (χ1n) is 11.6. The Labute approximate surface area is 208 Å². The third kappa shape index (κ3) is 4.84. The molecule has 0 fully saturated rings. The van der Waals surface area contributed by atoms with Gasteiger partial charge in [-0.2, -0.15) is 0 Å². The molecule has 0 radical (unpaired) electrons. The number of fused-ring (bicyclic) bond motifs is 1. The molecule has 0 spiro atoms. The van der Waals surface area contributed by atoms with Gasteiger partial charge in [-0.05, 0) is 67.9 Å². The Morgan fingerprint density at radius 2 is 1.61 bits per heavy atom. The van der Waals surface area contributed by atoms with E-state index in [1.807, 2.05) is 42.7 Å². The molecule has 1 aromatic heterocycles. The molecule has 0 bridgehead atoms. The van der Waals surface area contributed by atoms with Crippen LogP contribution in [0, 0.1) is 11.6 Å². The summed E-state index contributed by atoms with van der Waals surface area (Å²) < 4.78 is 46.6. The summed E-state index contributed by atoms with van der Waals surface area (Å²) in [5.74, 6) is 0.479. The van der Waals surface area contributed by atoms with Crippen LogP contribution in [0.5, 0.6) is 17.2 Å². The lowest BCUT2D eigenvalue weighted by Gasteiger charge is -2.20. The Kier molecular flexibility index (Phi) is 7.43. The van der Waals surface area contributed by atoms with Crippen molar-refractivity contribution in [1.29, 1.82) is 0 Å². The van der Waals surface area contributed by atoms with E-state index in [0.717, 1.165) is 28.6 Å². The van der Waals surface area contributed by atoms with Crippen LogP contribution in [0.3, 0.4) is 0 Å². The topological polar surface area (TPSA) is 52.9 Å². The summed E-state index contributed by atoms with van der Waals surface area (Å²) in [5.41, 5.74) is 2.42. The molecule has 0 unspecified atom stereocenters. The summed E-state index contributed by atoms with van der Waals surface area (Å²) in [6, 6.07) is 14.2. The Balaban J connectivity index is 1.86. The van der Waals surface area contributed by atoms with Crippen molar-refractivity contribution in [1.82, 2.24) is 9.47 Å². The number of rotatable bonds is 8. The Morgan fingerprint density at radius 1 is 0.889 bits per heavy atom. The highest BCUT2D eigenvalue weighted by molar-refractivity contribution is 6.00. The predicted octanol–water partition coefficient (Wildman–Crippen LogP) is 6.49. The molecule has 3 aromatic carbocycles. The fourth-order valence-corrected chi connectivity index (χ4v) is 4.25. The van der Waals surface area contributed by atoms with Crippen molar-refractivity contribution >= 4 is 17.0 Å². The first-order valence-corrected chi connectivity index (χ1v) is 11.6. The molecular formula is C28H28F2N2O4. The van der Waals surface area contributed by atoms with Gasteiger partial charge in [0, 0.05) is 41.3 Å². The molecule has 188 valence electrons. The molecule has 0 aliphatic heterocycles. The van der Waals surface area contributed by atoms with Crippen molar-refractivity contribution in [3.8, 4) is 28.4 Å². The van der Waals surface area contributed by atoms with Crippen molar-refractivity contribution in [2.45, 2.75) is 20.4 Å². The van der Waals surface area contributed by atoms with E-state index in [1.165, 1.54) is 6.07 Å². The Morgan fingerprint density at radius 3 is 2.31 bits per heavy atom. The smallest absolute Gasteiger partial charge is 0.415 e. The minimum absolute atomic E-state index is 0.136. The van der Waals surface area contributed by atoms with Crippen LogP contribution in [-0.4, -0.2) is 42.9 Å². The lowest BCUT2D eigenvalue weighted by molar-refractivity contribution is 0.157. The van der Waals surface area contributed by atoms with Crippen LogP contribution in [0.1, 0.15) is 19.4 Å². The van der Waals surface area contributed by atoms with Crippen molar-refractivity contribution in [2.24, 2.45) is 0 Å². The van der Waals surface area contributed by atoms with E-state index in [9.17, 15) is 13.6 Å². The van der Waals surface area contributed by atoms with Gasteiger partial charge in [0.25, 0.3) is 0 Å². The van der Waals surface area contributed by atoms with E-state index < -0.39 is 17.7 Å². The van der Waals surface area contributed by atoms with Crippen molar-refractivity contribution in [2.75, 3.05) is 27.3 Å². The third-order valence-corrected chi connectivity index (χ3v) is 6.15. The van der Waals surface area contributed by atoms with Crippen LogP contribution in [0.4, 0.5) is 13.6 Å². The summed E-state index contributed by atoms with van der Waals surface area (Å²) in [6.07, 6.45) is 1.34. The molecule has 4 rings (SSSR count). The predicted molar refractivity (Wildman–Crippen MR) is 135 cm³/mol. The van der Waals surface area contributed by atoms with Crippen LogP contribution < -0.4 is 14.2 Å². The normalized spacial score (nSPS) is 10.9. The molecule has 1 amide bonds. The van der Waals surface area contributed by atoms with Gasteiger partial charge in [-0.3, -0.25) is 0 Å². The molecule has 8 heteroatoms. The molecule has 6 nitrogen and oxygen atoms in total. The van der Waals surface area contributed by atoms with Crippen LogP contribution in [0.2, 0.25) is 0 Å². The van der Waals surface area contributed by atoms with E-state index in [1.54, 1.807) is 37.4 Å². The standard InChI is InChI=1S/C28H28F2N2O4/c1-5-31(6-2)28(33)36-25-12-10-23-21(27(25)18-7-11-24(34-3)26(16-18)35-4)13-14-32(23)17-19-15-20(29)8-9-22(19)30/h7-16H,5-6,17H2,1-4H3. The van der Waals surface area contributed by atoms with Crippen molar-refractivity contribution in [3.05, 3.63) is 78.0 Å². The molecule has 0 saturated carbocycles. The number of amides is 1. The average molecular weight is 495 g/mol. The number of ether oxygens (including phenoxy) is 3. The number of hydrogen-bond acceptors (Lipinski definition) is 4. The molecular weight excluding hydrogens is 466 g/mol. The number of carbonyl (C=O) groups is 1. The third-order valence-electron chi connectivity index (χ3n) is 6.15. The molecule has 4 aromatic rings. The summed E-state index contributed by atoms with van der Waals surface area (Å²) >= 11 is 0. The zero-order chi connectivity index (χ0) is 25.8. The summed E-state index contributed by atoms with van der Waals surface area (Å²) in [5, 5.41) is 0.781. The van der Waals surface area contributed by atoms with Gasteiger partial charge < -0.3 is 23.7 Å². The summed E-state index contributed by atoms with van der Waals surface area (Å²) in [6.45, 7) is 4.93. The SMILES string of the molecule is CCN(CC)C(=O)Oc1ccc2c(ccn2Cc2cc(F)ccc2F)c1-c1ccc(OC)c(OC)c1. The number of benzene rings is 3. The number of nitrogens with zero attached hydrogens (tertiary/aromatic N) is 2. The van der Waals surface area contributed by atoms with Gasteiger partial charge in [0.1, 0.15) is 17.4 Å². The largest absolute Gasteiger partial charge is 0.493 e. The number of carbonyl (C=O) groups excluding carboxylic acids is 1. The second kappa shape index (κ2) is 10.7. The zero-order valence-electron chi connectivity index (χ0n) is 20.7. The van der Waals surface area contributed by atoms with Gasteiger partial charge in [0.15, 0.2) is 11.5 Å². The maximum absolute atomic E-state index is 14.3. The minimum Gasteiger partial charge on any atom is -0.493 e. The lowest BCUT2D eigenvalue weighted by atomic mass is 10.00. The van der Waals surface area contributed by atoms with Crippen LogP contribution >= 0.6 is 0 Å². The second-order valence-electron chi connectivity index (χ2n) is 8.16. The van der Waals surface area contributed by atoms with E-state index in [2.05, 4.69) is 0 Å². The van der Waals surface area contributed by atoms with Crippen LogP contribution in [-0.2, 0) is 6.54 Å². The number of hydrogen-bond donors (Lipinski definition) is 0. The van der Waals surface area contributed by atoms with E-state index >= 15 is 0 Å². The second-order valence-corrected chi connectivity index (χ2v) is 8.16. The highest BCUT2D eigenvalue weighted by Crippen LogP contribution is 2.41. The molecule has 0 aliphatic carbocycles. The van der Waals surface area contributed by atoms with Gasteiger partial charge in [-0.15, -0.1) is 0 Å². The fourth-order valence-electron chi connectivity index (χ4n) is 4.25. The van der Waals surface area contributed by atoms with Gasteiger partial charge in [0.2, 0.25) is 0 Å². The fraction of sp³-hybridized carbons (Fsp3) is 0.250. The van der Waals surface area contributed by atoms with Gasteiger partial charge >= 0.3 is 6.09 Å². The van der Waals surface area contributed by atoms with Crippen LogP contribution in [0.15, 0.2) is 60.8 Å². The quantitative estimate of drug-likeness (QED) is 0.281. The molecule has 36 heavy (non-hydrogen) atoms. The Hall–Kier alpha value is -4.07. The van der Waals surface area contributed by atoms with E-state index in [0.29, 0.717) is 35.9 Å². The first kappa shape index (κ1) is 25.0. The number of methoxy groups -OCH3 is 2. The number of aromatic nitrogens is 1. The highest BCUT2D eigenvalue weighted by atomic mass is 19.1. The minimum atomic E-state index is -0.500. The maximum Gasteiger partial charge on any atom is 0.415 e. The molecule has 1 heterocycles. The van der Waals surface area contributed by atoms with Crippen molar-refractivity contribution in [3.63, 3.8) is 0 Å². The molecule has 0 atom stereocenters. The van der Waals surface area contributed by atoms with E-state index in [4.69, 9.17) is 14.2 Å². The summed E-state index contributed by atoms with van der Waals surface area (Å²) in [4.78, 5) is 14.4. The van der Waals surface area contributed by atoms with Gasteiger partial charge in [-0.1, -0.05) is 6.07 Å². The molecule has 0 N–H and O–H groups in total.